The van der Waals surface area contributed by atoms with Gasteiger partial charge in [-0.05, 0) is 23.8 Å². The van der Waals surface area contributed by atoms with Crippen molar-refractivity contribution in [3.8, 4) is 11.3 Å². The third kappa shape index (κ3) is 3.49. The SMILES string of the molecule is Fc1cc(Cl)c(CBr)cc1-c1ncc(C(F)(F)F)cc1Cl. The number of hydrogen-bond acceptors (Lipinski definition) is 1. The van der Waals surface area contributed by atoms with E-state index in [1.807, 2.05) is 0 Å². The molecule has 0 bridgehead atoms. The zero-order chi connectivity index (χ0) is 15.8. The predicted octanol–water partition coefficient (Wildman–Crippen LogP) is 6.11. The summed E-state index contributed by atoms with van der Waals surface area (Å²) in [5.41, 5.74) is -0.495. The van der Waals surface area contributed by atoms with Crippen LogP contribution < -0.4 is 0 Å². The highest BCUT2D eigenvalue weighted by molar-refractivity contribution is 9.08. The maximum Gasteiger partial charge on any atom is 0.417 e. The molecule has 0 fully saturated rings. The zero-order valence-electron chi connectivity index (χ0n) is 10.1. The number of pyridine rings is 1. The molecule has 0 aliphatic heterocycles. The van der Waals surface area contributed by atoms with Gasteiger partial charge in [0, 0.05) is 22.1 Å². The molecule has 1 heterocycles. The van der Waals surface area contributed by atoms with Crippen molar-refractivity contribution in [2.75, 3.05) is 0 Å². The van der Waals surface area contributed by atoms with E-state index in [9.17, 15) is 17.6 Å². The molecule has 1 nitrogen and oxygen atoms in total. The van der Waals surface area contributed by atoms with E-state index < -0.39 is 17.6 Å². The average Bonchev–Trinajstić information content (AvgIpc) is 2.38. The van der Waals surface area contributed by atoms with E-state index in [1.165, 1.54) is 6.07 Å². The van der Waals surface area contributed by atoms with Crippen LogP contribution in [0.5, 0.6) is 0 Å². The first-order valence-electron chi connectivity index (χ1n) is 5.51. The smallest absolute Gasteiger partial charge is 0.254 e. The Balaban J connectivity index is 2.58. The van der Waals surface area contributed by atoms with Crippen molar-refractivity contribution in [2.24, 2.45) is 0 Å². The Hall–Kier alpha value is -0.850. The number of nitrogens with zero attached hydrogens (tertiary/aromatic N) is 1. The fraction of sp³-hybridized carbons (Fsp3) is 0.154. The van der Waals surface area contributed by atoms with Gasteiger partial charge in [-0.1, -0.05) is 39.1 Å². The van der Waals surface area contributed by atoms with Gasteiger partial charge in [-0.25, -0.2) is 4.39 Å². The van der Waals surface area contributed by atoms with Gasteiger partial charge in [-0.15, -0.1) is 0 Å². The molecular formula is C13H6BrCl2F4N. The van der Waals surface area contributed by atoms with E-state index in [4.69, 9.17) is 23.2 Å². The molecule has 0 saturated carbocycles. The molecule has 1 aromatic carbocycles. The fourth-order valence-electron chi connectivity index (χ4n) is 1.67. The first kappa shape index (κ1) is 16.5. The molecule has 0 unspecified atom stereocenters. The van der Waals surface area contributed by atoms with Crippen molar-refractivity contribution in [1.82, 2.24) is 4.98 Å². The molecule has 0 atom stereocenters. The normalized spacial score (nSPS) is 11.8. The predicted molar refractivity (Wildman–Crippen MR) is 77.3 cm³/mol. The topological polar surface area (TPSA) is 12.9 Å². The second-order valence-corrected chi connectivity index (χ2v) is 5.48. The molecule has 2 aromatic rings. The summed E-state index contributed by atoms with van der Waals surface area (Å²) in [6, 6.07) is 3.18. The minimum absolute atomic E-state index is 0.00688. The quantitative estimate of drug-likeness (QED) is 0.436. The molecule has 21 heavy (non-hydrogen) atoms. The van der Waals surface area contributed by atoms with Gasteiger partial charge in [0.05, 0.1) is 16.3 Å². The van der Waals surface area contributed by atoms with Crippen molar-refractivity contribution in [1.29, 1.82) is 0 Å². The molecule has 2 rings (SSSR count). The lowest BCUT2D eigenvalue weighted by Gasteiger charge is -2.11. The molecule has 0 spiro atoms. The summed E-state index contributed by atoms with van der Waals surface area (Å²) in [7, 11) is 0. The van der Waals surface area contributed by atoms with Crippen LogP contribution in [0.3, 0.4) is 0 Å². The largest absolute Gasteiger partial charge is 0.417 e. The molecule has 112 valence electrons. The van der Waals surface area contributed by atoms with Crippen LogP contribution in [-0.2, 0) is 11.5 Å². The monoisotopic (exact) mass is 401 g/mol. The lowest BCUT2D eigenvalue weighted by molar-refractivity contribution is -0.137. The Morgan fingerprint density at radius 1 is 1.10 bits per heavy atom. The summed E-state index contributed by atoms with van der Waals surface area (Å²) in [5.74, 6) is -0.709. The zero-order valence-corrected chi connectivity index (χ0v) is 13.2. The van der Waals surface area contributed by atoms with Crippen molar-refractivity contribution < 1.29 is 17.6 Å². The standard InChI is InChI=1S/C13H6BrCl2F4N/c14-4-6-1-8(11(17)3-9(6)15)12-10(16)2-7(5-21-12)13(18,19)20/h1-3,5H,4H2. The van der Waals surface area contributed by atoms with E-state index in [0.717, 1.165) is 6.07 Å². The highest BCUT2D eigenvalue weighted by Gasteiger charge is 2.31. The number of benzene rings is 1. The molecular weight excluding hydrogens is 397 g/mol. The molecule has 0 amide bonds. The summed E-state index contributed by atoms with van der Waals surface area (Å²) in [4.78, 5) is 3.63. The molecule has 0 aliphatic rings. The van der Waals surface area contributed by atoms with Crippen molar-refractivity contribution >= 4 is 39.1 Å². The van der Waals surface area contributed by atoms with Crippen molar-refractivity contribution in [3.05, 3.63) is 51.4 Å². The Morgan fingerprint density at radius 2 is 1.76 bits per heavy atom. The third-order valence-electron chi connectivity index (χ3n) is 2.70. The highest BCUT2D eigenvalue weighted by Crippen LogP contribution is 2.36. The summed E-state index contributed by atoms with van der Waals surface area (Å²) < 4.78 is 51.6. The Kier molecular flexibility index (Phi) is 4.80. The first-order valence-corrected chi connectivity index (χ1v) is 7.38. The highest BCUT2D eigenvalue weighted by atomic mass is 79.9. The van der Waals surface area contributed by atoms with Crippen LogP contribution in [0.1, 0.15) is 11.1 Å². The summed E-state index contributed by atoms with van der Waals surface area (Å²) in [6.45, 7) is 0. The second-order valence-electron chi connectivity index (χ2n) is 4.11. The molecule has 1 aromatic heterocycles. The number of aromatic nitrogens is 1. The van der Waals surface area contributed by atoms with Gasteiger partial charge < -0.3 is 0 Å². The van der Waals surface area contributed by atoms with Crippen LogP contribution >= 0.6 is 39.1 Å². The second kappa shape index (κ2) is 6.10. The minimum Gasteiger partial charge on any atom is -0.254 e. The summed E-state index contributed by atoms with van der Waals surface area (Å²) in [5, 5.41) is 0.278. The lowest BCUT2D eigenvalue weighted by atomic mass is 10.1. The maximum atomic E-state index is 13.9. The van der Waals surface area contributed by atoms with Gasteiger partial charge in [-0.3, -0.25) is 4.98 Å². The van der Waals surface area contributed by atoms with Crippen LogP contribution in [0.15, 0.2) is 24.4 Å². The van der Waals surface area contributed by atoms with Gasteiger partial charge >= 0.3 is 6.18 Å². The van der Waals surface area contributed by atoms with E-state index >= 15 is 0 Å². The van der Waals surface area contributed by atoms with Gasteiger partial charge in [0.1, 0.15) is 5.82 Å². The molecule has 0 aliphatic carbocycles. The lowest BCUT2D eigenvalue weighted by Crippen LogP contribution is -2.06. The van der Waals surface area contributed by atoms with Gasteiger partial charge in [0.15, 0.2) is 0 Å². The summed E-state index contributed by atoms with van der Waals surface area (Å²) >= 11 is 14.8. The van der Waals surface area contributed by atoms with Crippen LogP contribution in [-0.4, -0.2) is 4.98 Å². The molecule has 0 N–H and O–H groups in total. The molecule has 8 heteroatoms. The Bertz CT molecular complexity index is 689. The molecule has 0 saturated heterocycles. The average molecular weight is 403 g/mol. The minimum atomic E-state index is -4.56. The van der Waals surface area contributed by atoms with Crippen LogP contribution in [0.2, 0.25) is 10.0 Å². The van der Waals surface area contributed by atoms with Gasteiger partial charge in [0.25, 0.3) is 0 Å². The van der Waals surface area contributed by atoms with E-state index in [2.05, 4.69) is 20.9 Å². The van der Waals surface area contributed by atoms with Crippen molar-refractivity contribution in [3.63, 3.8) is 0 Å². The Labute approximate surface area is 136 Å². The van der Waals surface area contributed by atoms with Gasteiger partial charge in [0.2, 0.25) is 0 Å². The van der Waals surface area contributed by atoms with E-state index in [0.29, 0.717) is 23.2 Å². The third-order valence-corrected chi connectivity index (χ3v) is 3.95. The van der Waals surface area contributed by atoms with Crippen LogP contribution in [0.25, 0.3) is 11.3 Å². The first-order chi connectivity index (χ1) is 9.74. The van der Waals surface area contributed by atoms with Crippen molar-refractivity contribution in [2.45, 2.75) is 11.5 Å². The number of hydrogen-bond donors (Lipinski definition) is 0. The number of rotatable bonds is 2. The maximum absolute atomic E-state index is 13.9. The summed E-state index contributed by atoms with van der Waals surface area (Å²) in [6.07, 6.45) is -3.95. The van der Waals surface area contributed by atoms with Crippen LogP contribution in [0.4, 0.5) is 17.6 Å². The number of alkyl halides is 4. The number of halogens is 7. The fourth-order valence-corrected chi connectivity index (χ4v) is 2.78. The van der Waals surface area contributed by atoms with Crippen LogP contribution in [0, 0.1) is 5.82 Å². The van der Waals surface area contributed by atoms with Gasteiger partial charge in [-0.2, -0.15) is 13.2 Å². The molecule has 0 radical (unpaired) electrons. The van der Waals surface area contributed by atoms with E-state index in [-0.39, 0.29) is 21.3 Å². The van der Waals surface area contributed by atoms with E-state index in [1.54, 1.807) is 0 Å². The Morgan fingerprint density at radius 3 is 2.29 bits per heavy atom.